The largest absolute Gasteiger partial charge is 0.489 e. The maximum Gasteiger partial charge on any atom is 0.136 e. The van der Waals surface area contributed by atoms with E-state index in [0.717, 1.165) is 58.8 Å². The standard InChI is InChI=1S/C31H30N2O2/c32-20-10-9-15-26-28-21-25(34-22-23-11-3-1-4-12-23)18-19-29(28)33-31(26)27-16-7-8-17-30(27)35-24-13-5-2-6-14-24/h1-8,11-14,16-19,21,33H,9-10,15,20,22,32H2. The van der Waals surface area contributed by atoms with Gasteiger partial charge in [-0.3, -0.25) is 0 Å². The fourth-order valence-corrected chi connectivity index (χ4v) is 4.37. The predicted octanol–water partition coefficient (Wildman–Crippen LogP) is 7.49. The first-order valence-electron chi connectivity index (χ1n) is 12.2. The van der Waals surface area contributed by atoms with Gasteiger partial charge in [0.1, 0.15) is 23.9 Å². The molecule has 0 unspecified atom stereocenters. The van der Waals surface area contributed by atoms with Crippen LogP contribution in [0.1, 0.15) is 24.0 Å². The second kappa shape index (κ2) is 10.9. The summed E-state index contributed by atoms with van der Waals surface area (Å²) in [5.74, 6) is 2.50. The number of hydrogen-bond acceptors (Lipinski definition) is 3. The number of benzene rings is 4. The van der Waals surface area contributed by atoms with Gasteiger partial charge in [0.15, 0.2) is 0 Å². The van der Waals surface area contributed by atoms with Crippen LogP contribution in [0.2, 0.25) is 0 Å². The molecule has 0 bridgehead atoms. The quantitative estimate of drug-likeness (QED) is 0.211. The molecule has 0 aliphatic carbocycles. The number of hydrogen-bond donors (Lipinski definition) is 2. The molecular formula is C31H30N2O2. The van der Waals surface area contributed by atoms with E-state index in [0.29, 0.717) is 13.2 Å². The Labute approximate surface area is 206 Å². The Hall–Kier alpha value is -4.02. The molecule has 4 aromatic carbocycles. The minimum atomic E-state index is 0.542. The van der Waals surface area contributed by atoms with Crippen molar-refractivity contribution < 1.29 is 9.47 Å². The van der Waals surface area contributed by atoms with Crippen LogP contribution in [0.4, 0.5) is 0 Å². The number of fused-ring (bicyclic) bond motifs is 1. The Morgan fingerprint density at radius 2 is 1.46 bits per heavy atom. The molecule has 0 atom stereocenters. The summed E-state index contributed by atoms with van der Waals surface area (Å²) >= 11 is 0. The highest BCUT2D eigenvalue weighted by atomic mass is 16.5. The third-order valence-electron chi connectivity index (χ3n) is 6.13. The number of nitrogens with one attached hydrogen (secondary N) is 1. The summed E-state index contributed by atoms with van der Waals surface area (Å²) < 4.78 is 12.4. The van der Waals surface area contributed by atoms with E-state index in [1.54, 1.807) is 0 Å². The molecule has 0 amide bonds. The Morgan fingerprint density at radius 3 is 2.26 bits per heavy atom. The van der Waals surface area contributed by atoms with Crippen molar-refractivity contribution in [3.05, 3.63) is 114 Å². The summed E-state index contributed by atoms with van der Waals surface area (Å²) in [5.41, 5.74) is 11.4. The molecule has 0 aliphatic rings. The summed E-state index contributed by atoms with van der Waals surface area (Å²) in [7, 11) is 0. The van der Waals surface area contributed by atoms with Crippen molar-refractivity contribution in [1.82, 2.24) is 4.98 Å². The maximum atomic E-state index is 6.29. The van der Waals surface area contributed by atoms with Crippen molar-refractivity contribution in [3.8, 4) is 28.5 Å². The van der Waals surface area contributed by atoms with E-state index >= 15 is 0 Å². The van der Waals surface area contributed by atoms with Gasteiger partial charge in [-0.1, -0.05) is 60.7 Å². The van der Waals surface area contributed by atoms with Crippen LogP contribution >= 0.6 is 0 Å². The van der Waals surface area contributed by atoms with Gasteiger partial charge < -0.3 is 20.2 Å². The normalized spacial score (nSPS) is 11.0. The first-order valence-corrected chi connectivity index (χ1v) is 12.2. The number of para-hydroxylation sites is 2. The zero-order chi connectivity index (χ0) is 23.9. The number of ether oxygens (including phenoxy) is 2. The lowest BCUT2D eigenvalue weighted by atomic mass is 9.99. The van der Waals surface area contributed by atoms with Crippen molar-refractivity contribution in [1.29, 1.82) is 0 Å². The number of nitrogens with two attached hydrogens (primary N) is 1. The number of rotatable bonds is 10. The maximum absolute atomic E-state index is 6.29. The van der Waals surface area contributed by atoms with Gasteiger partial charge in [0.25, 0.3) is 0 Å². The van der Waals surface area contributed by atoms with Crippen LogP contribution in [0.15, 0.2) is 103 Å². The van der Waals surface area contributed by atoms with E-state index in [9.17, 15) is 0 Å². The van der Waals surface area contributed by atoms with Crippen molar-refractivity contribution in [2.45, 2.75) is 25.9 Å². The highest BCUT2D eigenvalue weighted by Gasteiger charge is 2.17. The molecule has 0 spiro atoms. The van der Waals surface area contributed by atoms with Gasteiger partial charge >= 0.3 is 0 Å². The summed E-state index contributed by atoms with van der Waals surface area (Å²) in [4.78, 5) is 3.67. The van der Waals surface area contributed by atoms with Crippen molar-refractivity contribution in [2.75, 3.05) is 6.54 Å². The van der Waals surface area contributed by atoms with Crippen LogP contribution in [0.5, 0.6) is 17.2 Å². The van der Waals surface area contributed by atoms with Gasteiger partial charge in [0.05, 0.1) is 5.69 Å². The number of aromatic nitrogens is 1. The molecule has 35 heavy (non-hydrogen) atoms. The monoisotopic (exact) mass is 462 g/mol. The van der Waals surface area contributed by atoms with E-state index in [1.807, 2.05) is 66.7 Å². The molecule has 0 saturated heterocycles. The van der Waals surface area contributed by atoms with Gasteiger partial charge in [0, 0.05) is 16.5 Å². The van der Waals surface area contributed by atoms with Gasteiger partial charge in [0.2, 0.25) is 0 Å². The molecule has 0 fully saturated rings. The second-order valence-electron chi connectivity index (χ2n) is 8.62. The number of aromatic amines is 1. The SMILES string of the molecule is NCCCCc1c(-c2ccccc2Oc2ccccc2)[nH]c2ccc(OCc3ccccc3)cc12. The Bertz CT molecular complexity index is 1380. The van der Waals surface area contributed by atoms with Gasteiger partial charge in [-0.15, -0.1) is 0 Å². The summed E-state index contributed by atoms with van der Waals surface area (Å²) in [6.45, 7) is 1.23. The Balaban J connectivity index is 1.52. The topological polar surface area (TPSA) is 60.3 Å². The molecule has 5 aromatic rings. The predicted molar refractivity (Wildman–Crippen MR) is 143 cm³/mol. The molecule has 0 aliphatic heterocycles. The first-order chi connectivity index (χ1) is 17.3. The van der Waals surface area contributed by atoms with Gasteiger partial charge in [-0.2, -0.15) is 0 Å². The van der Waals surface area contributed by atoms with Gasteiger partial charge in [-0.25, -0.2) is 0 Å². The number of unbranched alkanes of at least 4 members (excludes halogenated alkanes) is 1. The van der Waals surface area contributed by atoms with Crippen LogP contribution in [-0.2, 0) is 13.0 Å². The molecule has 3 N–H and O–H groups in total. The zero-order valence-corrected chi connectivity index (χ0v) is 19.7. The molecule has 0 radical (unpaired) electrons. The van der Waals surface area contributed by atoms with Crippen LogP contribution in [-0.4, -0.2) is 11.5 Å². The molecule has 1 aromatic heterocycles. The van der Waals surface area contributed by atoms with Gasteiger partial charge in [-0.05, 0) is 79.4 Å². The smallest absolute Gasteiger partial charge is 0.136 e. The number of H-pyrrole nitrogens is 1. The lowest BCUT2D eigenvalue weighted by Crippen LogP contribution is -1.99. The number of aryl methyl sites for hydroxylation is 1. The van der Waals surface area contributed by atoms with Crippen LogP contribution < -0.4 is 15.2 Å². The lowest BCUT2D eigenvalue weighted by molar-refractivity contribution is 0.306. The molecule has 176 valence electrons. The Kier molecular flexibility index (Phi) is 7.11. The minimum Gasteiger partial charge on any atom is -0.489 e. The van der Waals surface area contributed by atoms with E-state index in [4.69, 9.17) is 15.2 Å². The van der Waals surface area contributed by atoms with Crippen LogP contribution in [0.3, 0.4) is 0 Å². The zero-order valence-electron chi connectivity index (χ0n) is 19.7. The van der Waals surface area contributed by atoms with Crippen molar-refractivity contribution in [2.24, 2.45) is 5.73 Å². The third-order valence-corrected chi connectivity index (χ3v) is 6.13. The van der Waals surface area contributed by atoms with E-state index in [2.05, 4.69) is 41.4 Å². The third kappa shape index (κ3) is 5.39. The lowest BCUT2D eigenvalue weighted by Gasteiger charge is -2.12. The average Bonchev–Trinajstić information content (AvgIpc) is 3.27. The fourth-order valence-electron chi connectivity index (χ4n) is 4.37. The first kappa shape index (κ1) is 22.8. The fraction of sp³-hybridized carbons (Fsp3) is 0.161. The molecule has 5 rings (SSSR count). The average molecular weight is 463 g/mol. The minimum absolute atomic E-state index is 0.542. The molecule has 1 heterocycles. The van der Waals surface area contributed by atoms with E-state index < -0.39 is 0 Å². The van der Waals surface area contributed by atoms with Crippen LogP contribution in [0, 0.1) is 0 Å². The highest BCUT2D eigenvalue weighted by molar-refractivity contribution is 5.92. The summed E-state index contributed by atoms with van der Waals surface area (Å²) in [6, 6.07) is 34.6. The molecule has 4 nitrogen and oxygen atoms in total. The summed E-state index contributed by atoms with van der Waals surface area (Å²) in [6.07, 6.45) is 2.93. The molecule has 4 heteroatoms. The van der Waals surface area contributed by atoms with Crippen molar-refractivity contribution >= 4 is 10.9 Å². The highest BCUT2D eigenvalue weighted by Crippen LogP contribution is 2.39. The summed E-state index contributed by atoms with van der Waals surface area (Å²) in [5, 5.41) is 1.18. The Morgan fingerprint density at radius 1 is 0.714 bits per heavy atom. The van der Waals surface area contributed by atoms with E-state index in [-0.39, 0.29) is 0 Å². The van der Waals surface area contributed by atoms with E-state index in [1.165, 1.54) is 10.9 Å². The molecular weight excluding hydrogens is 432 g/mol. The van der Waals surface area contributed by atoms with Crippen LogP contribution in [0.25, 0.3) is 22.2 Å². The molecule has 0 saturated carbocycles. The van der Waals surface area contributed by atoms with Crippen molar-refractivity contribution in [3.63, 3.8) is 0 Å². The second-order valence-corrected chi connectivity index (χ2v) is 8.62.